The van der Waals surface area contributed by atoms with Gasteiger partial charge in [0, 0.05) is 16.7 Å². The Hall–Kier alpha value is -4.79. The van der Waals surface area contributed by atoms with Gasteiger partial charge in [0.1, 0.15) is 11.5 Å². The Morgan fingerprint density at radius 1 is 1.02 bits per heavy atom. The number of rotatable bonds is 9. The van der Waals surface area contributed by atoms with Crippen LogP contribution in [0.5, 0.6) is 11.5 Å². The van der Waals surface area contributed by atoms with Gasteiger partial charge in [-0.2, -0.15) is 0 Å². The molecule has 4 aromatic rings. The summed E-state index contributed by atoms with van der Waals surface area (Å²) in [5.41, 5.74) is 4.36. The molecule has 1 heterocycles. The van der Waals surface area contributed by atoms with Crippen LogP contribution in [0.3, 0.4) is 0 Å². The molecule has 0 spiro atoms. The van der Waals surface area contributed by atoms with E-state index in [0.29, 0.717) is 39.0 Å². The fourth-order valence-electron chi connectivity index (χ4n) is 4.63. The van der Waals surface area contributed by atoms with E-state index in [0.717, 1.165) is 11.1 Å². The maximum atomic E-state index is 13.8. The van der Waals surface area contributed by atoms with Crippen LogP contribution in [-0.4, -0.2) is 34.0 Å². The summed E-state index contributed by atoms with van der Waals surface area (Å²) in [4.78, 5) is 25.0. The van der Waals surface area contributed by atoms with Crippen LogP contribution < -0.4 is 9.47 Å². The van der Waals surface area contributed by atoms with Gasteiger partial charge in [-0.3, -0.25) is 9.36 Å². The summed E-state index contributed by atoms with van der Waals surface area (Å²) < 4.78 is 50.2. The highest BCUT2D eigenvalue weighted by Crippen LogP contribution is 2.34. The summed E-state index contributed by atoms with van der Waals surface area (Å²) >= 11 is 0. The molecule has 0 aliphatic heterocycles. The first-order valence-corrected chi connectivity index (χ1v) is 12.7. The third-order valence-corrected chi connectivity index (χ3v) is 6.61. The van der Waals surface area contributed by atoms with Crippen molar-refractivity contribution < 1.29 is 37.3 Å². The van der Waals surface area contributed by atoms with Crippen molar-refractivity contribution in [3.63, 3.8) is 0 Å². The molecule has 0 saturated heterocycles. The Labute approximate surface area is 234 Å². The third kappa shape index (κ3) is 6.69. The third-order valence-electron chi connectivity index (χ3n) is 6.61. The molecule has 0 bridgehead atoms. The van der Waals surface area contributed by atoms with Gasteiger partial charge in [-0.25, -0.2) is 4.79 Å². The van der Waals surface area contributed by atoms with E-state index in [1.165, 1.54) is 29.7 Å². The molecule has 9 heteroatoms. The minimum absolute atomic E-state index is 0.235. The number of hydrogen-bond donors (Lipinski definition) is 1. The van der Waals surface area contributed by atoms with Gasteiger partial charge in [-0.1, -0.05) is 49.1 Å². The summed E-state index contributed by atoms with van der Waals surface area (Å²) in [6, 6.07) is 18.1. The van der Waals surface area contributed by atoms with Gasteiger partial charge < -0.3 is 14.6 Å². The molecular formula is C32H28F3NO5. The fourth-order valence-corrected chi connectivity index (χ4v) is 4.63. The number of carboxylic acid groups (broad SMARTS) is 1. The minimum Gasteiger partial charge on any atom is -0.479 e. The summed E-state index contributed by atoms with van der Waals surface area (Å²) in [6.07, 6.45) is -2.29. The first-order chi connectivity index (χ1) is 19.4. The summed E-state index contributed by atoms with van der Waals surface area (Å²) in [6.45, 7) is 8.63. The average Bonchev–Trinajstić information content (AvgIpc) is 3.18. The topological polar surface area (TPSA) is 77.8 Å². The number of halogens is 3. The Morgan fingerprint density at radius 3 is 2.39 bits per heavy atom. The lowest BCUT2D eigenvalue weighted by atomic mass is 10.0. The molecule has 0 saturated carbocycles. The van der Waals surface area contributed by atoms with Crippen LogP contribution >= 0.6 is 0 Å². The Kier molecular flexibility index (Phi) is 8.37. The second kappa shape index (κ2) is 11.8. The highest BCUT2D eigenvalue weighted by molar-refractivity contribution is 6.06. The van der Waals surface area contributed by atoms with E-state index in [-0.39, 0.29) is 12.3 Å². The zero-order chi connectivity index (χ0) is 29.9. The monoisotopic (exact) mass is 563 g/mol. The van der Waals surface area contributed by atoms with Crippen LogP contribution in [0.1, 0.15) is 46.6 Å². The minimum atomic E-state index is -4.88. The van der Waals surface area contributed by atoms with Gasteiger partial charge in [0.05, 0.1) is 5.52 Å². The summed E-state index contributed by atoms with van der Waals surface area (Å²) in [5.74, 6) is -1.54. The van der Waals surface area contributed by atoms with Crippen molar-refractivity contribution in [3.8, 4) is 11.5 Å². The van der Waals surface area contributed by atoms with Crippen molar-refractivity contribution >= 4 is 34.9 Å². The van der Waals surface area contributed by atoms with E-state index in [2.05, 4.69) is 11.3 Å². The van der Waals surface area contributed by atoms with E-state index in [4.69, 9.17) is 4.74 Å². The number of fused-ring (bicyclic) bond motifs is 1. The van der Waals surface area contributed by atoms with E-state index < -0.39 is 24.2 Å². The molecule has 0 aliphatic carbocycles. The molecule has 4 rings (SSSR count). The van der Waals surface area contributed by atoms with E-state index in [9.17, 15) is 27.9 Å². The van der Waals surface area contributed by atoms with Gasteiger partial charge in [-0.15, -0.1) is 13.2 Å². The second-order valence-electron chi connectivity index (χ2n) is 9.51. The summed E-state index contributed by atoms with van der Waals surface area (Å²) in [5, 5.41) is 9.59. The van der Waals surface area contributed by atoms with Crippen LogP contribution in [0.25, 0.3) is 23.1 Å². The number of aliphatic carboxylic acids is 1. The molecule has 0 radical (unpaired) electrons. The number of nitrogens with zero attached hydrogens (tertiary/aromatic N) is 1. The van der Waals surface area contributed by atoms with Gasteiger partial charge in [0.15, 0.2) is 6.10 Å². The van der Waals surface area contributed by atoms with Crippen LogP contribution in [0.2, 0.25) is 0 Å². The smallest absolute Gasteiger partial charge is 0.479 e. The fraction of sp³-hybridized carbons (Fsp3) is 0.188. The Morgan fingerprint density at radius 2 is 1.73 bits per heavy atom. The lowest BCUT2D eigenvalue weighted by molar-refractivity contribution is -0.274. The number of hydrogen-bond acceptors (Lipinski definition) is 4. The molecule has 0 amide bonds. The SMILES string of the molecule is C=Cc1ccccc1/C=C(\C)C(=O)n1c(C)c(Cc2cccc(OC(C)C(=O)O)c2)c2cc(OC(F)(F)F)ccc21. The van der Waals surface area contributed by atoms with Crippen molar-refractivity contribution in [1.29, 1.82) is 0 Å². The zero-order valence-electron chi connectivity index (χ0n) is 22.7. The van der Waals surface area contributed by atoms with Crippen molar-refractivity contribution in [2.24, 2.45) is 0 Å². The molecule has 41 heavy (non-hydrogen) atoms. The number of allylic oxidation sites excluding steroid dienone is 1. The molecule has 6 nitrogen and oxygen atoms in total. The molecule has 0 aliphatic rings. The highest BCUT2D eigenvalue weighted by Gasteiger charge is 2.31. The van der Waals surface area contributed by atoms with Crippen LogP contribution in [0, 0.1) is 6.92 Å². The normalized spacial score (nSPS) is 12.7. The number of carboxylic acids is 1. The number of ether oxygens (including phenoxy) is 2. The van der Waals surface area contributed by atoms with Crippen LogP contribution in [0.4, 0.5) is 13.2 Å². The molecule has 212 valence electrons. The predicted molar refractivity (Wildman–Crippen MR) is 151 cm³/mol. The first kappa shape index (κ1) is 29.2. The first-order valence-electron chi connectivity index (χ1n) is 12.7. The van der Waals surface area contributed by atoms with Gasteiger partial charge in [-0.05, 0) is 85.9 Å². The molecule has 1 N–H and O–H groups in total. The largest absolute Gasteiger partial charge is 0.573 e. The molecular weight excluding hydrogens is 535 g/mol. The zero-order valence-corrected chi connectivity index (χ0v) is 22.7. The van der Waals surface area contributed by atoms with E-state index in [1.807, 2.05) is 24.3 Å². The Balaban J connectivity index is 1.81. The second-order valence-corrected chi connectivity index (χ2v) is 9.51. The number of aromatic nitrogens is 1. The standard InChI is InChI=1S/C32H28F3NO5/c1-5-23-10-6-7-11-24(23)15-19(2)30(37)36-20(3)27(28-18-26(13-14-29(28)36)41-32(33,34)35)17-22-9-8-12-25(16-22)40-21(4)31(38)39/h5-16,18,21H,1,17H2,2-4H3,(H,38,39)/b19-15+. The van der Waals surface area contributed by atoms with Crippen molar-refractivity contribution in [1.82, 2.24) is 4.57 Å². The van der Waals surface area contributed by atoms with Crippen LogP contribution in [0.15, 0.2) is 78.9 Å². The van der Waals surface area contributed by atoms with Gasteiger partial charge >= 0.3 is 12.3 Å². The van der Waals surface area contributed by atoms with Crippen molar-refractivity contribution in [2.45, 2.75) is 39.7 Å². The van der Waals surface area contributed by atoms with Crippen LogP contribution in [-0.2, 0) is 11.2 Å². The number of benzene rings is 3. The molecule has 1 aromatic heterocycles. The molecule has 1 atom stereocenters. The van der Waals surface area contributed by atoms with Gasteiger partial charge in [0.2, 0.25) is 0 Å². The lowest BCUT2D eigenvalue weighted by Crippen LogP contribution is -2.22. The van der Waals surface area contributed by atoms with E-state index in [1.54, 1.807) is 50.3 Å². The maximum Gasteiger partial charge on any atom is 0.573 e. The molecule has 0 fully saturated rings. The van der Waals surface area contributed by atoms with Gasteiger partial charge in [0.25, 0.3) is 5.91 Å². The van der Waals surface area contributed by atoms with Crippen molar-refractivity contribution in [3.05, 3.63) is 107 Å². The number of carbonyl (C=O) groups excluding carboxylic acids is 1. The Bertz CT molecular complexity index is 1670. The quantitative estimate of drug-likeness (QED) is 0.211. The van der Waals surface area contributed by atoms with E-state index >= 15 is 0 Å². The highest BCUT2D eigenvalue weighted by atomic mass is 19.4. The molecule has 1 unspecified atom stereocenters. The lowest BCUT2D eigenvalue weighted by Gasteiger charge is -2.12. The predicted octanol–water partition coefficient (Wildman–Crippen LogP) is 7.68. The average molecular weight is 564 g/mol. The molecule has 3 aromatic carbocycles. The summed E-state index contributed by atoms with van der Waals surface area (Å²) in [7, 11) is 0. The van der Waals surface area contributed by atoms with Crippen molar-refractivity contribution in [2.75, 3.05) is 0 Å². The number of carbonyl (C=O) groups is 2. The maximum absolute atomic E-state index is 13.8. The number of alkyl halides is 3.